The van der Waals surface area contributed by atoms with Crippen molar-refractivity contribution in [1.29, 1.82) is 0 Å². The van der Waals surface area contributed by atoms with E-state index < -0.39 is 0 Å². The summed E-state index contributed by atoms with van der Waals surface area (Å²) in [6, 6.07) is 21.5. The van der Waals surface area contributed by atoms with Crippen LogP contribution in [0.25, 0.3) is 0 Å². The molecular weight excluding hydrogens is 350 g/mol. The van der Waals surface area contributed by atoms with Gasteiger partial charge in [0.2, 0.25) is 0 Å². The van der Waals surface area contributed by atoms with Gasteiger partial charge in [-0.2, -0.15) is 0 Å². The Morgan fingerprint density at radius 2 is 1.64 bits per heavy atom. The van der Waals surface area contributed by atoms with E-state index in [1.165, 1.54) is 5.56 Å². The van der Waals surface area contributed by atoms with Gasteiger partial charge in [-0.3, -0.25) is 4.79 Å². The van der Waals surface area contributed by atoms with Crippen LogP contribution < -0.4 is 4.74 Å². The number of para-hydroxylation sites is 1. The van der Waals surface area contributed by atoms with E-state index in [-0.39, 0.29) is 17.9 Å². The van der Waals surface area contributed by atoms with Gasteiger partial charge in [0.25, 0.3) is 5.91 Å². The van der Waals surface area contributed by atoms with Crippen LogP contribution in [0.4, 0.5) is 0 Å². The Kier molecular flexibility index (Phi) is 6.19. The summed E-state index contributed by atoms with van der Waals surface area (Å²) in [5.74, 6) is 1.35. The van der Waals surface area contributed by atoms with Gasteiger partial charge in [0, 0.05) is 6.54 Å². The summed E-state index contributed by atoms with van der Waals surface area (Å²) in [6.45, 7) is 7.47. The molecule has 2 aromatic carbocycles. The van der Waals surface area contributed by atoms with Gasteiger partial charge in [0.05, 0.1) is 12.8 Å². The highest BCUT2D eigenvalue weighted by Crippen LogP contribution is 2.23. The third-order valence-corrected chi connectivity index (χ3v) is 4.58. The number of hydrogen-bond donors (Lipinski definition) is 0. The molecule has 1 aromatic heterocycles. The average Bonchev–Trinajstić information content (AvgIpc) is 3.19. The molecule has 0 unspecified atom stereocenters. The minimum Gasteiger partial charge on any atom is -0.484 e. The Hall–Kier alpha value is -3.01. The Bertz CT molecular complexity index is 862. The summed E-state index contributed by atoms with van der Waals surface area (Å²) in [7, 11) is 0. The third-order valence-electron chi connectivity index (χ3n) is 4.58. The molecule has 0 atom stereocenters. The van der Waals surface area contributed by atoms with Gasteiger partial charge >= 0.3 is 0 Å². The first-order valence-electron chi connectivity index (χ1n) is 9.49. The van der Waals surface area contributed by atoms with E-state index in [1.54, 1.807) is 11.2 Å². The quantitative estimate of drug-likeness (QED) is 0.569. The van der Waals surface area contributed by atoms with Crippen molar-refractivity contribution in [3.63, 3.8) is 0 Å². The molecule has 0 fully saturated rings. The Balaban J connectivity index is 1.70. The van der Waals surface area contributed by atoms with Crippen molar-refractivity contribution in [3.8, 4) is 5.75 Å². The summed E-state index contributed by atoms with van der Waals surface area (Å²) in [5.41, 5.74) is 2.45. The molecule has 0 aliphatic rings. The van der Waals surface area contributed by atoms with Crippen molar-refractivity contribution < 1.29 is 13.9 Å². The van der Waals surface area contributed by atoms with Crippen LogP contribution >= 0.6 is 0 Å². The highest BCUT2D eigenvalue weighted by Gasteiger charge is 2.18. The number of hydrogen-bond acceptors (Lipinski definition) is 3. The van der Waals surface area contributed by atoms with Crippen LogP contribution in [-0.4, -0.2) is 17.4 Å². The van der Waals surface area contributed by atoms with E-state index in [1.807, 2.05) is 42.5 Å². The number of ether oxygens (including phenoxy) is 1. The molecule has 0 aliphatic heterocycles. The maximum Gasteiger partial charge on any atom is 0.261 e. The number of rotatable bonds is 7. The highest BCUT2D eigenvalue weighted by atomic mass is 16.5. The fourth-order valence-corrected chi connectivity index (χ4v) is 2.91. The van der Waals surface area contributed by atoms with E-state index in [4.69, 9.17) is 9.15 Å². The molecule has 28 heavy (non-hydrogen) atoms. The van der Waals surface area contributed by atoms with Crippen LogP contribution in [-0.2, 0) is 23.3 Å². The molecule has 1 heterocycles. The zero-order chi connectivity index (χ0) is 20.0. The van der Waals surface area contributed by atoms with Crippen LogP contribution in [0.3, 0.4) is 0 Å². The predicted molar refractivity (Wildman–Crippen MR) is 110 cm³/mol. The van der Waals surface area contributed by atoms with Crippen molar-refractivity contribution in [2.75, 3.05) is 6.61 Å². The monoisotopic (exact) mass is 377 g/mol. The topological polar surface area (TPSA) is 42.7 Å². The van der Waals surface area contributed by atoms with Crippen molar-refractivity contribution in [3.05, 3.63) is 89.9 Å². The molecule has 0 radical (unpaired) electrons. The van der Waals surface area contributed by atoms with Crippen LogP contribution in [0.2, 0.25) is 0 Å². The lowest BCUT2D eigenvalue weighted by atomic mass is 9.87. The fourth-order valence-electron chi connectivity index (χ4n) is 2.91. The minimum absolute atomic E-state index is 0.00913. The first-order chi connectivity index (χ1) is 13.4. The molecule has 146 valence electrons. The first kappa shape index (κ1) is 19.7. The lowest BCUT2D eigenvalue weighted by Gasteiger charge is -2.23. The van der Waals surface area contributed by atoms with Gasteiger partial charge in [-0.1, -0.05) is 63.2 Å². The van der Waals surface area contributed by atoms with Crippen molar-refractivity contribution in [2.24, 2.45) is 0 Å². The summed E-state index contributed by atoms with van der Waals surface area (Å²) in [5, 5.41) is 0. The molecule has 0 aliphatic carbocycles. The molecule has 3 aromatic rings. The van der Waals surface area contributed by atoms with E-state index in [0.717, 1.165) is 11.3 Å². The molecule has 0 saturated carbocycles. The first-order valence-corrected chi connectivity index (χ1v) is 9.49. The third kappa shape index (κ3) is 5.49. The Morgan fingerprint density at radius 3 is 2.25 bits per heavy atom. The number of furan rings is 1. The number of amides is 1. The Morgan fingerprint density at radius 1 is 0.929 bits per heavy atom. The van der Waals surface area contributed by atoms with Gasteiger partial charge in [-0.25, -0.2) is 0 Å². The molecule has 1 amide bonds. The van der Waals surface area contributed by atoms with E-state index >= 15 is 0 Å². The molecule has 4 nitrogen and oxygen atoms in total. The lowest BCUT2D eigenvalue weighted by Crippen LogP contribution is -2.34. The molecule has 0 N–H and O–H groups in total. The van der Waals surface area contributed by atoms with E-state index in [9.17, 15) is 4.79 Å². The van der Waals surface area contributed by atoms with Crippen molar-refractivity contribution in [2.45, 2.75) is 39.3 Å². The maximum atomic E-state index is 12.8. The highest BCUT2D eigenvalue weighted by molar-refractivity contribution is 5.77. The zero-order valence-corrected chi connectivity index (χ0v) is 16.7. The van der Waals surface area contributed by atoms with Crippen LogP contribution in [0.5, 0.6) is 5.75 Å². The van der Waals surface area contributed by atoms with Gasteiger partial charge in [0.1, 0.15) is 11.5 Å². The summed E-state index contributed by atoms with van der Waals surface area (Å²) in [4.78, 5) is 14.6. The van der Waals surface area contributed by atoms with Crippen LogP contribution in [0.1, 0.15) is 37.7 Å². The summed E-state index contributed by atoms with van der Waals surface area (Å²) < 4.78 is 11.1. The zero-order valence-electron chi connectivity index (χ0n) is 16.7. The van der Waals surface area contributed by atoms with Gasteiger partial charge < -0.3 is 14.1 Å². The van der Waals surface area contributed by atoms with Crippen molar-refractivity contribution >= 4 is 5.91 Å². The molecule has 0 saturated heterocycles. The molecule has 0 spiro atoms. The predicted octanol–water partition coefficient (Wildman–Crippen LogP) is 5.18. The molecule has 3 rings (SSSR count). The average molecular weight is 377 g/mol. The van der Waals surface area contributed by atoms with Crippen LogP contribution in [0, 0.1) is 0 Å². The van der Waals surface area contributed by atoms with Gasteiger partial charge in [0.15, 0.2) is 6.61 Å². The second kappa shape index (κ2) is 8.79. The number of benzene rings is 2. The standard InChI is InChI=1S/C24H27NO3/c1-24(2,3)20-13-11-19(12-14-20)16-25(17-22-10-7-15-27-22)23(26)18-28-21-8-5-4-6-9-21/h4-15H,16-18H2,1-3H3. The second-order valence-electron chi connectivity index (χ2n) is 7.88. The lowest BCUT2D eigenvalue weighted by molar-refractivity contribution is -0.134. The fraction of sp³-hybridized carbons (Fsp3) is 0.292. The molecular formula is C24H27NO3. The normalized spacial score (nSPS) is 11.2. The summed E-state index contributed by atoms with van der Waals surface area (Å²) >= 11 is 0. The number of carbonyl (C=O) groups is 1. The number of nitrogens with zero attached hydrogens (tertiary/aromatic N) is 1. The molecule has 0 bridgehead atoms. The SMILES string of the molecule is CC(C)(C)c1ccc(CN(Cc2ccco2)C(=O)COc2ccccc2)cc1. The van der Waals surface area contributed by atoms with Gasteiger partial charge in [-0.05, 0) is 40.8 Å². The Labute approximate surface area is 166 Å². The van der Waals surface area contributed by atoms with Crippen LogP contribution in [0.15, 0.2) is 77.4 Å². The smallest absolute Gasteiger partial charge is 0.261 e. The van der Waals surface area contributed by atoms with Crippen molar-refractivity contribution in [1.82, 2.24) is 4.90 Å². The maximum absolute atomic E-state index is 12.8. The van der Waals surface area contributed by atoms with E-state index in [0.29, 0.717) is 18.8 Å². The molecule has 4 heteroatoms. The minimum atomic E-state index is -0.0832. The number of carbonyl (C=O) groups excluding carboxylic acids is 1. The second-order valence-corrected chi connectivity index (χ2v) is 7.88. The summed E-state index contributed by atoms with van der Waals surface area (Å²) in [6.07, 6.45) is 1.62. The van der Waals surface area contributed by atoms with Gasteiger partial charge in [-0.15, -0.1) is 0 Å². The van der Waals surface area contributed by atoms with E-state index in [2.05, 4.69) is 45.0 Å². The largest absolute Gasteiger partial charge is 0.484 e.